The van der Waals surface area contributed by atoms with E-state index < -0.39 is 0 Å². The van der Waals surface area contributed by atoms with Crippen LogP contribution in [-0.2, 0) is 0 Å². The van der Waals surface area contributed by atoms with Gasteiger partial charge >= 0.3 is 0 Å². The van der Waals surface area contributed by atoms with Gasteiger partial charge in [0, 0.05) is 30.8 Å². The number of hydrogen-bond donors (Lipinski definition) is 1. The Morgan fingerprint density at radius 1 is 0.875 bits per heavy atom. The van der Waals surface area contributed by atoms with Crippen LogP contribution in [0.1, 0.15) is 44.9 Å². The van der Waals surface area contributed by atoms with E-state index in [-0.39, 0.29) is 0 Å². The molecule has 0 unspecified atom stereocenters. The Hall–Kier alpha value is -2.10. The number of rotatable bonds is 4. The molecule has 126 valence electrons. The van der Waals surface area contributed by atoms with Crippen LogP contribution >= 0.6 is 0 Å². The number of hydrogen-bond acceptors (Lipinski definition) is 4. The molecule has 0 amide bonds. The van der Waals surface area contributed by atoms with Crippen molar-refractivity contribution < 1.29 is 0 Å². The van der Waals surface area contributed by atoms with Gasteiger partial charge in [0.05, 0.1) is 5.69 Å². The smallest absolute Gasteiger partial charge is 0.225 e. The van der Waals surface area contributed by atoms with Gasteiger partial charge in [0.15, 0.2) is 0 Å². The summed E-state index contributed by atoms with van der Waals surface area (Å²) in [7, 11) is 0. The normalized spacial score (nSPS) is 18.8. The van der Waals surface area contributed by atoms with Crippen molar-refractivity contribution in [2.45, 2.75) is 51.0 Å². The molecule has 1 aromatic heterocycles. The molecule has 2 heterocycles. The van der Waals surface area contributed by atoms with Gasteiger partial charge in [-0.3, -0.25) is 0 Å². The quantitative estimate of drug-likeness (QED) is 0.900. The van der Waals surface area contributed by atoms with E-state index >= 15 is 0 Å². The van der Waals surface area contributed by atoms with Crippen molar-refractivity contribution in [1.82, 2.24) is 9.97 Å². The molecule has 2 aromatic rings. The Morgan fingerprint density at radius 2 is 1.62 bits per heavy atom. The summed E-state index contributed by atoms with van der Waals surface area (Å²) in [6.45, 7) is 2.21. The van der Waals surface area contributed by atoms with Gasteiger partial charge in [0.1, 0.15) is 5.82 Å². The van der Waals surface area contributed by atoms with Gasteiger partial charge in [0.2, 0.25) is 5.95 Å². The maximum Gasteiger partial charge on any atom is 0.225 e. The molecule has 24 heavy (non-hydrogen) atoms. The summed E-state index contributed by atoms with van der Waals surface area (Å²) in [6.07, 6.45) is 8.98. The highest BCUT2D eigenvalue weighted by atomic mass is 15.2. The standard InChI is InChI=1S/C20H26N4/c1-3-9-16(10-4-1)18-15-19(24-13-7-8-14-24)23-20(22-18)21-17-11-5-2-6-12-17/h1,3-4,9-10,15,17H,2,5-8,11-14H2,(H,21,22,23). The molecule has 1 N–H and O–H groups in total. The summed E-state index contributed by atoms with van der Waals surface area (Å²) in [4.78, 5) is 12.0. The molecule has 1 aliphatic carbocycles. The fourth-order valence-electron chi connectivity index (χ4n) is 3.79. The lowest BCUT2D eigenvalue weighted by Crippen LogP contribution is -2.25. The third-order valence-corrected chi connectivity index (χ3v) is 5.15. The second-order valence-electron chi connectivity index (χ2n) is 6.97. The van der Waals surface area contributed by atoms with Crippen LogP contribution in [-0.4, -0.2) is 29.1 Å². The molecule has 2 aliphatic rings. The van der Waals surface area contributed by atoms with E-state index in [0.717, 1.165) is 36.1 Å². The number of nitrogens with one attached hydrogen (secondary N) is 1. The minimum absolute atomic E-state index is 0.524. The minimum Gasteiger partial charge on any atom is -0.356 e. The summed E-state index contributed by atoms with van der Waals surface area (Å²) in [5.41, 5.74) is 2.18. The van der Waals surface area contributed by atoms with E-state index in [1.807, 2.05) is 6.07 Å². The van der Waals surface area contributed by atoms with Crippen molar-refractivity contribution in [2.75, 3.05) is 23.3 Å². The van der Waals surface area contributed by atoms with Crippen LogP contribution in [0.15, 0.2) is 36.4 Å². The molecule has 4 nitrogen and oxygen atoms in total. The van der Waals surface area contributed by atoms with Crippen molar-refractivity contribution in [3.63, 3.8) is 0 Å². The molecule has 0 radical (unpaired) electrons. The van der Waals surface area contributed by atoms with Crippen LogP contribution < -0.4 is 10.2 Å². The number of aromatic nitrogens is 2. The van der Waals surface area contributed by atoms with Gasteiger partial charge in [-0.25, -0.2) is 4.98 Å². The first-order valence-corrected chi connectivity index (χ1v) is 9.34. The summed E-state index contributed by atoms with van der Waals surface area (Å²) < 4.78 is 0. The SMILES string of the molecule is c1ccc(-c2cc(N3CCCC3)nc(NC3CCCCC3)n2)cc1. The van der Waals surface area contributed by atoms with Crippen LogP contribution in [0.5, 0.6) is 0 Å². The summed E-state index contributed by atoms with van der Waals surface area (Å²) in [6, 6.07) is 13.1. The van der Waals surface area contributed by atoms with E-state index in [4.69, 9.17) is 9.97 Å². The third-order valence-electron chi connectivity index (χ3n) is 5.15. The van der Waals surface area contributed by atoms with Gasteiger partial charge < -0.3 is 10.2 Å². The van der Waals surface area contributed by atoms with Crippen LogP contribution in [0.25, 0.3) is 11.3 Å². The highest BCUT2D eigenvalue weighted by Crippen LogP contribution is 2.27. The third kappa shape index (κ3) is 3.53. The first-order chi connectivity index (χ1) is 11.9. The van der Waals surface area contributed by atoms with Crippen molar-refractivity contribution >= 4 is 11.8 Å². The first kappa shape index (κ1) is 15.4. The van der Waals surface area contributed by atoms with E-state index in [1.54, 1.807) is 0 Å². The van der Waals surface area contributed by atoms with Crippen LogP contribution in [0.2, 0.25) is 0 Å². The van der Waals surface area contributed by atoms with Gasteiger partial charge in [-0.05, 0) is 25.7 Å². The molecular weight excluding hydrogens is 296 g/mol. The average Bonchev–Trinajstić information content (AvgIpc) is 3.18. The average molecular weight is 322 g/mol. The van der Waals surface area contributed by atoms with Gasteiger partial charge in [-0.15, -0.1) is 0 Å². The van der Waals surface area contributed by atoms with Crippen LogP contribution in [0.4, 0.5) is 11.8 Å². The second kappa shape index (κ2) is 7.20. The van der Waals surface area contributed by atoms with Crippen LogP contribution in [0, 0.1) is 0 Å². The molecule has 0 spiro atoms. The predicted molar refractivity (Wildman–Crippen MR) is 99.4 cm³/mol. The van der Waals surface area contributed by atoms with Crippen molar-refractivity contribution in [3.8, 4) is 11.3 Å². The highest BCUT2D eigenvalue weighted by molar-refractivity contribution is 5.65. The molecule has 1 saturated carbocycles. The fourth-order valence-corrected chi connectivity index (χ4v) is 3.79. The summed E-state index contributed by atoms with van der Waals surface area (Å²) >= 11 is 0. The summed E-state index contributed by atoms with van der Waals surface area (Å²) in [5, 5.41) is 3.61. The Bertz CT molecular complexity index is 659. The lowest BCUT2D eigenvalue weighted by Gasteiger charge is -2.24. The topological polar surface area (TPSA) is 41.1 Å². The maximum atomic E-state index is 4.84. The summed E-state index contributed by atoms with van der Waals surface area (Å²) in [5.74, 6) is 1.87. The zero-order chi connectivity index (χ0) is 16.2. The van der Waals surface area contributed by atoms with E-state index in [1.165, 1.54) is 44.9 Å². The number of benzene rings is 1. The molecule has 0 atom stereocenters. The van der Waals surface area contributed by atoms with E-state index in [2.05, 4.69) is 40.5 Å². The highest BCUT2D eigenvalue weighted by Gasteiger charge is 2.19. The number of nitrogens with zero attached hydrogens (tertiary/aromatic N) is 3. The second-order valence-corrected chi connectivity index (χ2v) is 6.97. The van der Waals surface area contributed by atoms with Crippen molar-refractivity contribution in [3.05, 3.63) is 36.4 Å². The molecule has 4 heteroatoms. The molecular formula is C20H26N4. The van der Waals surface area contributed by atoms with Gasteiger partial charge in [0.25, 0.3) is 0 Å². The Balaban J connectivity index is 1.65. The molecule has 4 rings (SSSR count). The van der Waals surface area contributed by atoms with E-state index in [9.17, 15) is 0 Å². The fraction of sp³-hybridized carbons (Fsp3) is 0.500. The number of anilines is 2. The Kier molecular flexibility index (Phi) is 4.63. The van der Waals surface area contributed by atoms with E-state index in [0.29, 0.717) is 6.04 Å². The Labute approximate surface area is 144 Å². The Morgan fingerprint density at radius 3 is 2.38 bits per heavy atom. The first-order valence-electron chi connectivity index (χ1n) is 9.34. The lowest BCUT2D eigenvalue weighted by molar-refractivity contribution is 0.461. The predicted octanol–water partition coefficient (Wildman–Crippen LogP) is 4.49. The van der Waals surface area contributed by atoms with Crippen molar-refractivity contribution in [1.29, 1.82) is 0 Å². The van der Waals surface area contributed by atoms with Gasteiger partial charge in [-0.2, -0.15) is 4.98 Å². The molecule has 0 bridgehead atoms. The molecule has 1 saturated heterocycles. The largest absolute Gasteiger partial charge is 0.356 e. The molecule has 2 fully saturated rings. The maximum absolute atomic E-state index is 4.84. The molecule has 1 aliphatic heterocycles. The lowest BCUT2D eigenvalue weighted by atomic mass is 9.96. The van der Waals surface area contributed by atoms with Gasteiger partial charge in [-0.1, -0.05) is 49.6 Å². The van der Waals surface area contributed by atoms with Crippen LogP contribution in [0.3, 0.4) is 0 Å². The molecule has 1 aromatic carbocycles. The van der Waals surface area contributed by atoms with Crippen molar-refractivity contribution in [2.24, 2.45) is 0 Å². The minimum atomic E-state index is 0.524. The monoisotopic (exact) mass is 322 g/mol. The zero-order valence-corrected chi connectivity index (χ0v) is 14.2. The zero-order valence-electron chi connectivity index (χ0n) is 14.2.